The Morgan fingerprint density at radius 2 is 1.77 bits per heavy atom. The van der Waals surface area contributed by atoms with Crippen LogP contribution in [0.4, 0.5) is 10.1 Å². The minimum atomic E-state index is -3.46. The first-order valence-electron chi connectivity index (χ1n) is 8.85. The predicted octanol–water partition coefficient (Wildman–Crippen LogP) is 1.36. The van der Waals surface area contributed by atoms with Crippen LogP contribution in [0.3, 0.4) is 0 Å². The van der Waals surface area contributed by atoms with Gasteiger partial charge >= 0.3 is 0 Å². The van der Waals surface area contributed by atoms with Crippen LogP contribution in [0.1, 0.15) is 20.8 Å². The standard InChI is InChI=1S/C17H27FN4O3S/c1-4-21(5-2)26(24,25)22-12-10-20(11-13-22)14(3)17(23)19-16-9-7-6-8-15(16)18/h6-9,14H,4-5,10-13H2,1-3H3,(H,19,23)/t14-/m1/s1. The lowest BCUT2D eigenvalue weighted by molar-refractivity contribution is -0.121. The number of halogens is 1. The van der Waals surface area contributed by atoms with E-state index in [0.29, 0.717) is 39.3 Å². The fourth-order valence-corrected chi connectivity index (χ4v) is 4.60. The molecule has 1 amide bonds. The molecule has 1 heterocycles. The average molecular weight is 386 g/mol. The summed E-state index contributed by atoms with van der Waals surface area (Å²) < 4.78 is 41.7. The number of carbonyl (C=O) groups is 1. The molecular weight excluding hydrogens is 359 g/mol. The van der Waals surface area contributed by atoms with Crippen LogP contribution in [-0.4, -0.2) is 73.1 Å². The third-order valence-electron chi connectivity index (χ3n) is 4.69. The molecule has 0 bridgehead atoms. The number of amides is 1. The zero-order chi connectivity index (χ0) is 19.3. The first kappa shape index (κ1) is 20.8. The molecule has 2 rings (SSSR count). The number of nitrogens with one attached hydrogen (secondary N) is 1. The summed E-state index contributed by atoms with van der Waals surface area (Å²) in [6.07, 6.45) is 0. The highest BCUT2D eigenvalue weighted by Crippen LogP contribution is 2.16. The number of piperazine rings is 1. The van der Waals surface area contributed by atoms with Crippen molar-refractivity contribution in [1.29, 1.82) is 0 Å². The molecule has 1 aromatic rings. The second-order valence-corrected chi connectivity index (χ2v) is 8.10. The van der Waals surface area contributed by atoms with Crippen LogP contribution in [0.25, 0.3) is 0 Å². The summed E-state index contributed by atoms with van der Waals surface area (Å²) in [5.74, 6) is -0.793. The van der Waals surface area contributed by atoms with Gasteiger partial charge in [0, 0.05) is 39.3 Å². The van der Waals surface area contributed by atoms with E-state index < -0.39 is 22.1 Å². The van der Waals surface area contributed by atoms with Crippen LogP contribution in [0, 0.1) is 5.82 Å². The van der Waals surface area contributed by atoms with Gasteiger partial charge in [0.25, 0.3) is 10.2 Å². The van der Waals surface area contributed by atoms with Gasteiger partial charge < -0.3 is 5.32 Å². The smallest absolute Gasteiger partial charge is 0.282 e. The van der Waals surface area contributed by atoms with E-state index in [4.69, 9.17) is 0 Å². The predicted molar refractivity (Wildman–Crippen MR) is 99.5 cm³/mol. The molecule has 1 aromatic carbocycles. The van der Waals surface area contributed by atoms with Crippen LogP contribution < -0.4 is 5.32 Å². The fourth-order valence-electron chi connectivity index (χ4n) is 3.00. The minimum absolute atomic E-state index is 0.145. The van der Waals surface area contributed by atoms with Gasteiger partial charge in [-0.05, 0) is 19.1 Å². The zero-order valence-corrected chi connectivity index (χ0v) is 16.3. The zero-order valence-electron chi connectivity index (χ0n) is 15.5. The van der Waals surface area contributed by atoms with Crippen molar-refractivity contribution in [2.75, 3.05) is 44.6 Å². The number of carbonyl (C=O) groups excluding carboxylic acids is 1. The maximum absolute atomic E-state index is 13.7. The monoisotopic (exact) mass is 386 g/mol. The van der Waals surface area contributed by atoms with E-state index >= 15 is 0 Å². The Bertz CT molecular complexity index is 716. The highest BCUT2D eigenvalue weighted by atomic mass is 32.2. The van der Waals surface area contributed by atoms with E-state index in [1.54, 1.807) is 19.1 Å². The quantitative estimate of drug-likeness (QED) is 0.768. The Morgan fingerprint density at radius 1 is 1.19 bits per heavy atom. The molecular formula is C17H27FN4O3S. The Kier molecular flexibility index (Phi) is 7.10. The lowest BCUT2D eigenvalue weighted by Gasteiger charge is -2.38. The van der Waals surface area contributed by atoms with Crippen LogP contribution in [0.2, 0.25) is 0 Å². The Hall–Kier alpha value is -1.55. The topological polar surface area (TPSA) is 73.0 Å². The summed E-state index contributed by atoms with van der Waals surface area (Å²) in [6, 6.07) is 5.53. The van der Waals surface area contributed by atoms with Crippen LogP contribution in [-0.2, 0) is 15.0 Å². The highest BCUT2D eigenvalue weighted by molar-refractivity contribution is 7.86. The summed E-state index contributed by atoms with van der Waals surface area (Å²) in [4.78, 5) is 14.3. The normalized spacial score (nSPS) is 18.0. The van der Waals surface area contributed by atoms with E-state index in [1.165, 1.54) is 20.7 Å². The van der Waals surface area contributed by atoms with E-state index in [2.05, 4.69) is 5.32 Å². The fraction of sp³-hybridized carbons (Fsp3) is 0.588. The van der Waals surface area contributed by atoms with Crippen molar-refractivity contribution in [1.82, 2.24) is 13.5 Å². The van der Waals surface area contributed by atoms with E-state index in [9.17, 15) is 17.6 Å². The third-order valence-corrected chi connectivity index (χ3v) is 6.88. The van der Waals surface area contributed by atoms with Crippen molar-refractivity contribution in [3.8, 4) is 0 Å². The van der Waals surface area contributed by atoms with Gasteiger partial charge in [-0.3, -0.25) is 9.69 Å². The molecule has 1 N–H and O–H groups in total. The maximum atomic E-state index is 13.7. The Balaban J connectivity index is 1.94. The number of para-hydroxylation sites is 1. The van der Waals surface area contributed by atoms with Gasteiger partial charge in [0.1, 0.15) is 5.82 Å². The van der Waals surface area contributed by atoms with Gasteiger partial charge in [-0.15, -0.1) is 0 Å². The number of benzene rings is 1. The second-order valence-electron chi connectivity index (χ2n) is 6.17. The van der Waals surface area contributed by atoms with Gasteiger partial charge in [0.15, 0.2) is 0 Å². The van der Waals surface area contributed by atoms with E-state index in [1.807, 2.05) is 18.7 Å². The van der Waals surface area contributed by atoms with Crippen LogP contribution >= 0.6 is 0 Å². The van der Waals surface area contributed by atoms with Gasteiger partial charge in [-0.1, -0.05) is 26.0 Å². The SMILES string of the molecule is CCN(CC)S(=O)(=O)N1CCN([C@H](C)C(=O)Nc2ccccc2F)CC1. The second kappa shape index (κ2) is 8.90. The molecule has 7 nitrogen and oxygen atoms in total. The Labute approximate surface area is 154 Å². The number of anilines is 1. The molecule has 0 saturated carbocycles. The lowest BCUT2D eigenvalue weighted by Crippen LogP contribution is -2.56. The molecule has 146 valence electrons. The summed E-state index contributed by atoms with van der Waals surface area (Å²) in [5, 5.41) is 2.59. The van der Waals surface area contributed by atoms with Crippen molar-refractivity contribution < 1.29 is 17.6 Å². The maximum Gasteiger partial charge on any atom is 0.282 e. The van der Waals surface area contributed by atoms with Gasteiger partial charge in [-0.25, -0.2) is 4.39 Å². The summed E-state index contributed by atoms with van der Waals surface area (Å²) in [7, 11) is -3.46. The van der Waals surface area contributed by atoms with Crippen molar-refractivity contribution >= 4 is 21.8 Å². The Morgan fingerprint density at radius 3 is 2.31 bits per heavy atom. The van der Waals surface area contributed by atoms with Crippen molar-refractivity contribution in [3.05, 3.63) is 30.1 Å². The lowest BCUT2D eigenvalue weighted by atomic mass is 10.2. The minimum Gasteiger partial charge on any atom is -0.322 e. The molecule has 0 spiro atoms. The molecule has 1 fully saturated rings. The molecule has 1 atom stereocenters. The van der Waals surface area contributed by atoms with Crippen molar-refractivity contribution in [2.45, 2.75) is 26.8 Å². The number of hydrogen-bond donors (Lipinski definition) is 1. The number of rotatable bonds is 7. The third kappa shape index (κ3) is 4.59. The van der Waals surface area contributed by atoms with Gasteiger partial charge in [0.2, 0.25) is 5.91 Å². The van der Waals surface area contributed by atoms with Crippen molar-refractivity contribution in [2.24, 2.45) is 0 Å². The molecule has 0 radical (unpaired) electrons. The van der Waals surface area contributed by atoms with E-state index in [0.717, 1.165) is 0 Å². The van der Waals surface area contributed by atoms with Crippen LogP contribution in [0.15, 0.2) is 24.3 Å². The summed E-state index contributed by atoms with van der Waals surface area (Å²) in [5.41, 5.74) is 0.145. The molecule has 0 aliphatic carbocycles. The molecule has 1 saturated heterocycles. The van der Waals surface area contributed by atoms with Crippen LogP contribution in [0.5, 0.6) is 0 Å². The largest absolute Gasteiger partial charge is 0.322 e. The molecule has 9 heteroatoms. The van der Waals surface area contributed by atoms with E-state index in [-0.39, 0.29) is 11.6 Å². The summed E-state index contributed by atoms with van der Waals surface area (Å²) >= 11 is 0. The molecule has 0 aromatic heterocycles. The molecule has 1 aliphatic rings. The molecule has 26 heavy (non-hydrogen) atoms. The van der Waals surface area contributed by atoms with Gasteiger partial charge in [-0.2, -0.15) is 17.0 Å². The number of hydrogen-bond acceptors (Lipinski definition) is 4. The average Bonchev–Trinajstić information content (AvgIpc) is 2.64. The first-order valence-corrected chi connectivity index (χ1v) is 10.3. The van der Waals surface area contributed by atoms with Crippen molar-refractivity contribution in [3.63, 3.8) is 0 Å². The summed E-state index contributed by atoms with van der Waals surface area (Å²) in [6.45, 7) is 7.79. The highest BCUT2D eigenvalue weighted by Gasteiger charge is 2.33. The first-order chi connectivity index (χ1) is 12.3. The molecule has 1 aliphatic heterocycles. The van der Waals surface area contributed by atoms with Gasteiger partial charge in [0.05, 0.1) is 11.7 Å². The molecule has 0 unspecified atom stereocenters. The number of nitrogens with zero attached hydrogens (tertiary/aromatic N) is 3.